The van der Waals surface area contributed by atoms with Gasteiger partial charge in [0.25, 0.3) is 10.0 Å². The minimum atomic E-state index is -3.58. The molecule has 6 heterocycles. The highest BCUT2D eigenvalue weighted by molar-refractivity contribution is 7.89. The number of piperidine rings is 1. The van der Waals surface area contributed by atoms with Crippen molar-refractivity contribution >= 4 is 21.1 Å². The fraction of sp³-hybridized carbons (Fsp3) is 0.435. The highest BCUT2D eigenvalue weighted by Gasteiger charge is 2.48. The number of rotatable bonds is 6. The maximum atomic E-state index is 12.9. The van der Waals surface area contributed by atoms with E-state index in [0.717, 1.165) is 35.1 Å². The summed E-state index contributed by atoms with van der Waals surface area (Å²) in [6.45, 7) is 2.31. The molecule has 2 aliphatic heterocycles. The van der Waals surface area contributed by atoms with E-state index >= 15 is 0 Å². The molecule has 13 heteroatoms. The summed E-state index contributed by atoms with van der Waals surface area (Å²) in [5, 5.41) is 19.3. The number of aryl methyl sites for hydroxylation is 1. The predicted octanol–water partition coefficient (Wildman–Crippen LogP) is 1.33. The molecule has 36 heavy (non-hydrogen) atoms. The van der Waals surface area contributed by atoms with Crippen molar-refractivity contribution in [1.29, 1.82) is 5.26 Å². The standard InChI is InChI=1S/C23H26N10O2S/c1-30-9-5-20(29-30)36(34,35)32-10-3-18(4-11-32)31-14-23(15-31,6-7-24)33-13-17(12-28-33)21-19-2-8-25-22(19)27-16-26-21/h2,5,8-9,12-13,16,18H,3-4,6,10-11,14-15H2,1H3,(H,25,26,27). The van der Waals surface area contributed by atoms with Gasteiger partial charge in [-0.15, -0.1) is 0 Å². The second kappa shape index (κ2) is 8.51. The molecule has 0 unspecified atom stereocenters. The normalized spacial score (nSPS) is 19.3. The summed E-state index contributed by atoms with van der Waals surface area (Å²) >= 11 is 0. The molecule has 2 aliphatic rings. The molecule has 186 valence electrons. The first-order valence-corrected chi connectivity index (χ1v) is 13.3. The third kappa shape index (κ3) is 3.69. The van der Waals surface area contributed by atoms with Crippen molar-refractivity contribution in [1.82, 2.24) is 43.7 Å². The van der Waals surface area contributed by atoms with Crippen LogP contribution in [0.5, 0.6) is 0 Å². The summed E-state index contributed by atoms with van der Waals surface area (Å²) in [5.41, 5.74) is 2.04. The largest absolute Gasteiger partial charge is 0.346 e. The van der Waals surface area contributed by atoms with Crippen molar-refractivity contribution in [3.63, 3.8) is 0 Å². The van der Waals surface area contributed by atoms with Crippen LogP contribution in [0.25, 0.3) is 22.3 Å². The number of hydrogen-bond donors (Lipinski definition) is 1. The molecule has 1 N–H and O–H groups in total. The van der Waals surface area contributed by atoms with E-state index in [1.165, 1.54) is 21.4 Å². The zero-order valence-corrected chi connectivity index (χ0v) is 20.6. The van der Waals surface area contributed by atoms with Gasteiger partial charge in [-0.05, 0) is 25.0 Å². The second-order valence-corrected chi connectivity index (χ2v) is 11.4. The molecule has 0 aliphatic carbocycles. The van der Waals surface area contributed by atoms with Gasteiger partial charge in [0, 0.05) is 68.8 Å². The van der Waals surface area contributed by atoms with E-state index in [4.69, 9.17) is 0 Å². The molecule has 0 saturated carbocycles. The fourth-order valence-corrected chi connectivity index (χ4v) is 6.79. The van der Waals surface area contributed by atoms with Gasteiger partial charge in [-0.2, -0.15) is 19.8 Å². The van der Waals surface area contributed by atoms with Crippen LogP contribution < -0.4 is 0 Å². The number of H-pyrrole nitrogens is 1. The lowest BCUT2D eigenvalue weighted by atomic mass is 9.84. The zero-order chi connectivity index (χ0) is 24.9. The summed E-state index contributed by atoms with van der Waals surface area (Å²) in [4.78, 5) is 14.2. The molecule has 0 bridgehead atoms. The van der Waals surface area contributed by atoms with Crippen molar-refractivity contribution in [2.45, 2.75) is 35.9 Å². The Labute approximate surface area is 208 Å². The van der Waals surface area contributed by atoms with Crippen molar-refractivity contribution < 1.29 is 8.42 Å². The van der Waals surface area contributed by atoms with Crippen LogP contribution in [0.1, 0.15) is 19.3 Å². The quantitative estimate of drug-likeness (QED) is 0.413. The molecule has 2 fully saturated rings. The molecule has 2 saturated heterocycles. The SMILES string of the molecule is Cn1ccc(S(=O)(=O)N2CCC(N3CC(CC#N)(n4cc(-c5ncnc6[nH]ccc56)cn4)C3)CC2)n1. The van der Waals surface area contributed by atoms with Gasteiger partial charge < -0.3 is 4.98 Å². The Morgan fingerprint density at radius 2 is 2.03 bits per heavy atom. The maximum Gasteiger partial charge on any atom is 0.262 e. The lowest BCUT2D eigenvalue weighted by Gasteiger charge is -2.53. The second-order valence-electron chi connectivity index (χ2n) is 9.56. The Bertz CT molecular complexity index is 1550. The van der Waals surface area contributed by atoms with Gasteiger partial charge in [0.1, 0.15) is 17.5 Å². The number of aromatic amines is 1. The molecule has 0 aromatic carbocycles. The van der Waals surface area contributed by atoms with Gasteiger partial charge in [0.2, 0.25) is 0 Å². The Morgan fingerprint density at radius 3 is 2.75 bits per heavy atom. The van der Waals surface area contributed by atoms with E-state index in [2.05, 4.69) is 36.1 Å². The average molecular weight is 507 g/mol. The minimum Gasteiger partial charge on any atom is -0.346 e. The fourth-order valence-electron chi connectivity index (χ4n) is 5.37. The van der Waals surface area contributed by atoms with Crippen LogP contribution in [-0.2, 0) is 22.6 Å². The van der Waals surface area contributed by atoms with Gasteiger partial charge in [0.05, 0.1) is 24.4 Å². The van der Waals surface area contributed by atoms with E-state index in [1.807, 2.05) is 23.1 Å². The van der Waals surface area contributed by atoms with Crippen molar-refractivity contribution in [3.8, 4) is 17.3 Å². The van der Waals surface area contributed by atoms with Gasteiger partial charge in [-0.3, -0.25) is 14.3 Å². The lowest BCUT2D eigenvalue weighted by molar-refractivity contribution is -0.0382. The maximum absolute atomic E-state index is 12.9. The van der Waals surface area contributed by atoms with Gasteiger partial charge in [0.15, 0.2) is 5.03 Å². The van der Waals surface area contributed by atoms with Crippen molar-refractivity contribution in [2.24, 2.45) is 7.05 Å². The zero-order valence-electron chi connectivity index (χ0n) is 19.8. The Hall–Kier alpha value is -3.60. The van der Waals surface area contributed by atoms with Crippen molar-refractivity contribution in [3.05, 3.63) is 43.2 Å². The number of nitrogens with zero attached hydrogens (tertiary/aromatic N) is 9. The predicted molar refractivity (Wildman–Crippen MR) is 130 cm³/mol. The van der Waals surface area contributed by atoms with Gasteiger partial charge in [-0.1, -0.05) is 0 Å². The third-order valence-corrected chi connectivity index (χ3v) is 9.12. The van der Waals surface area contributed by atoms with Crippen LogP contribution in [0.15, 0.2) is 48.3 Å². The number of hydrogen-bond acceptors (Lipinski definition) is 8. The molecule has 12 nitrogen and oxygen atoms in total. The van der Waals surface area contributed by atoms with Crippen molar-refractivity contribution in [2.75, 3.05) is 26.2 Å². The monoisotopic (exact) mass is 506 g/mol. The summed E-state index contributed by atoms with van der Waals surface area (Å²) in [6, 6.07) is 6.09. The van der Waals surface area contributed by atoms with E-state index in [1.54, 1.807) is 19.4 Å². The number of likely N-dealkylation sites (tertiary alicyclic amines) is 1. The molecule has 4 aromatic rings. The first-order chi connectivity index (χ1) is 17.4. The van der Waals surface area contributed by atoms with Gasteiger partial charge in [-0.25, -0.2) is 18.4 Å². The number of nitriles is 1. The summed E-state index contributed by atoms with van der Waals surface area (Å²) < 4.78 is 30.7. The first kappa shape index (κ1) is 22.8. The minimum absolute atomic E-state index is 0.0931. The Morgan fingerprint density at radius 1 is 1.22 bits per heavy atom. The van der Waals surface area contributed by atoms with Gasteiger partial charge >= 0.3 is 0 Å². The molecule has 0 radical (unpaired) electrons. The Kier molecular flexibility index (Phi) is 5.40. The number of sulfonamides is 1. The lowest BCUT2D eigenvalue weighted by Crippen LogP contribution is -2.66. The molecular weight excluding hydrogens is 480 g/mol. The molecular formula is C23H26N10O2S. The first-order valence-electron chi connectivity index (χ1n) is 11.8. The van der Waals surface area contributed by atoms with Crippen LogP contribution in [0.4, 0.5) is 0 Å². The van der Waals surface area contributed by atoms with Crippen LogP contribution in [0, 0.1) is 11.3 Å². The molecule has 0 spiro atoms. The smallest absolute Gasteiger partial charge is 0.262 e. The topological polar surface area (TPSA) is 142 Å². The van der Waals surface area contributed by atoms with E-state index in [-0.39, 0.29) is 11.1 Å². The third-order valence-electron chi connectivity index (χ3n) is 7.33. The average Bonchev–Trinajstić information content (AvgIpc) is 3.62. The molecule has 0 amide bonds. The number of aromatic nitrogens is 7. The molecule has 0 atom stereocenters. The summed E-state index contributed by atoms with van der Waals surface area (Å²) in [6.07, 6.45) is 10.6. The van der Waals surface area contributed by atoms with Crippen LogP contribution >= 0.6 is 0 Å². The van der Waals surface area contributed by atoms with E-state index in [0.29, 0.717) is 32.6 Å². The van der Waals surface area contributed by atoms with Crippen LogP contribution in [0.3, 0.4) is 0 Å². The number of nitrogens with one attached hydrogen (secondary N) is 1. The van der Waals surface area contributed by atoms with Crippen LogP contribution in [0.2, 0.25) is 0 Å². The highest BCUT2D eigenvalue weighted by atomic mass is 32.2. The van der Waals surface area contributed by atoms with E-state index in [9.17, 15) is 13.7 Å². The van der Waals surface area contributed by atoms with Crippen LogP contribution in [-0.4, -0.2) is 84.4 Å². The summed E-state index contributed by atoms with van der Waals surface area (Å²) in [5.74, 6) is 0. The molecule has 4 aromatic heterocycles. The highest BCUT2D eigenvalue weighted by Crippen LogP contribution is 2.37. The molecule has 6 rings (SSSR count). The number of fused-ring (bicyclic) bond motifs is 1. The van der Waals surface area contributed by atoms with E-state index < -0.39 is 15.6 Å². The summed E-state index contributed by atoms with van der Waals surface area (Å²) in [7, 11) is -1.87. The Balaban J connectivity index is 1.14.